The van der Waals surface area contributed by atoms with E-state index in [9.17, 15) is 19.9 Å². The van der Waals surface area contributed by atoms with Crippen LogP contribution in [0.15, 0.2) is 71.9 Å². The molecular formula is C19H17BN2O4S. The fourth-order valence-electron chi connectivity index (χ4n) is 2.42. The molecule has 0 atom stereocenters. The van der Waals surface area contributed by atoms with Crippen molar-refractivity contribution in [3.8, 4) is 5.75 Å². The van der Waals surface area contributed by atoms with Gasteiger partial charge in [-0.2, -0.15) is 0 Å². The van der Waals surface area contributed by atoms with Gasteiger partial charge >= 0.3 is 7.12 Å². The van der Waals surface area contributed by atoms with Gasteiger partial charge in [-0.1, -0.05) is 24.3 Å². The highest BCUT2D eigenvalue weighted by Gasteiger charge is 2.15. The molecule has 0 saturated heterocycles. The van der Waals surface area contributed by atoms with Crippen LogP contribution in [0, 0.1) is 0 Å². The van der Waals surface area contributed by atoms with E-state index in [2.05, 4.69) is 10.3 Å². The molecule has 1 heterocycles. The van der Waals surface area contributed by atoms with Gasteiger partial charge in [0.25, 0.3) is 5.91 Å². The molecule has 0 unspecified atom stereocenters. The fourth-order valence-corrected chi connectivity index (χ4v) is 3.28. The van der Waals surface area contributed by atoms with Crippen molar-refractivity contribution in [2.24, 2.45) is 0 Å². The van der Waals surface area contributed by atoms with E-state index in [1.807, 2.05) is 12.1 Å². The van der Waals surface area contributed by atoms with Gasteiger partial charge in [0.15, 0.2) is 0 Å². The lowest BCUT2D eigenvalue weighted by Gasteiger charge is -2.08. The molecule has 3 rings (SSSR count). The van der Waals surface area contributed by atoms with Gasteiger partial charge < -0.3 is 20.5 Å². The number of hydrogen-bond donors (Lipinski definition) is 4. The molecule has 136 valence electrons. The monoisotopic (exact) mass is 380 g/mol. The highest BCUT2D eigenvalue weighted by molar-refractivity contribution is 7.98. The van der Waals surface area contributed by atoms with Gasteiger partial charge in [-0.15, -0.1) is 11.8 Å². The molecule has 27 heavy (non-hydrogen) atoms. The van der Waals surface area contributed by atoms with Crippen LogP contribution >= 0.6 is 11.8 Å². The average molecular weight is 380 g/mol. The first-order valence-corrected chi connectivity index (χ1v) is 9.14. The van der Waals surface area contributed by atoms with E-state index in [0.29, 0.717) is 22.5 Å². The predicted octanol–water partition coefficient (Wildman–Crippen LogP) is 2.01. The Morgan fingerprint density at radius 1 is 1.04 bits per heavy atom. The molecule has 6 nitrogen and oxygen atoms in total. The van der Waals surface area contributed by atoms with Crippen LogP contribution in [-0.4, -0.2) is 33.2 Å². The van der Waals surface area contributed by atoms with Crippen LogP contribution in [0.1, 0.15) is 15.9 Å². The summed E-state index contributed by atoms with van der Waals surface area (Å²) >= 11 is 1.44. The van der Waals surface area contributed by atoms with Crippen LogP contribution in [0.5, 0.6) is 5.75 Å². The SMILES string of the molecule is O=C(Nc1ccc(O)cc1)c1ccc(SCc2ccccc2B(O)O)nc1. The molecule has 0 bridgehead atoms. The zero-order valence-electron chi connectivity index (χ0n) is 14.2. The standard InChI is InChI=1S/C19H17BN2O4S/c23-16-8-6-15(7-9-16)22-19(24)13-5-10-18(21-11-13)27-12-14-3-1-2-4-17(14)20(25)26/h1-11,23,25-26H,12H2,(H,22,24). The van der Waals surface area contributed by atoms with Crippen molar-refractivity contribution in [2.75, 3.05) is 5.32 Å². The van der Waals surface area contributed by atoms with Gasteiger partial charge in [-0.25, -0.2) is 4.98 Å². The topological polar surface area (TPSA) is 103 Å². The number of phenolic OH excluding ortho intramolecular Hbond substituents is 1. The van der Waals surface area contributed by atoms with Gasteiger partial charge in [0.05, 0.1) is 10.6 Å². The quantitative estimate of drug-likeness (QED) is 0.296. The van der Waals surface area contributed by atoms with E-state index >= 15 is 0 Å². The van der Waals surface area contributed by atoms with Crippen LogP contribution in [-0.2, 0) is 5.75 Å². The van der Waals surface area contributed by atoms with E-state index in [0.717, 1.165) is 10.6 Å². The summed E-state index contributed by atoms with van der Waals surface area (Å²) in [6.07, 6.45) is 1.49. The van der Waals surface area contributed by atoms with Crippen molar-refractivity contribution in [3.05, 3.63) is 78.0 Å². The molecule has 0 radical (unpaired) electrons. The zero-order valence-corrected chi connectivity index (χ0v) is 15.1. The Hall–Kier alpha value is -2.81. The van der Waals surface area contributed by atoms with E-state index in [1.165, 1.54) is 30.1 Å². The van der Waals surface area contributed by atoms with E-state index in [1.54, 1.807) is 36.4 Å². The Morgan fingerprint density at radius 2 is 1.78 bits per heavy atom. The Morgan fingerprint density at radius 3 is 2.44 bits per heavy atom. The summed E-state index contributed by atoms with van der Waals surface area (Å²) in [5, 5.41) is 31.5. The number of pyridine rings is 1. The number of carbonyl (C=O) groups is 1. The summed E-state index contributed by atoms with van der Waals surface area (Å²) in [6, 6.07) is 16.7. The maximum Gasteiger partial charge on any atom is 0.488 e. The molecule has 0 fully saturated rings. The molecule has 1 amide bonds. The minimum Gasteiger partial charge on any atom is -0.508 e. The summed E-state index contributed by atoms with van der Waals surface area (Å²) in [7, 11) is -1.51. The minimum absolute atomic E-state index is 0.131. The summed E-state index contributed by atoms with van der Waals surface area (Å²) < 4.78 is 0. The van der Waals surface area contributed by atoms with Crippen molar-refractivity contribution in [1.82, 2.24) is 4.98 Å². The van der Waals surface area contributed by atoms with E-state index in [4.69, 9.17) is 0 Å². The van der Waals surface area contributed by atoms with Crippen molar-refractivity contribution < 1.29 is 19.9 Å². The number of anilines is 1. The number of hydrogen-bond acceptors (Lipinski definition) is 6. The number of phenols is 1. The summed E-state index contributed by atoms with van der Waals surface area (Å²) in [4.78, 5) is 16.5. The molecule has 3 aromatic rings. The Labute approximate surface area is 161 Å². The van der Waals surface area contributed by atoms with Gasteiger partial charge in [0.1, 0.15) is 5.75 Å². The normalized spacial score (nSPS) is 10.4. The largest absolute Gasteiger partial charge is 0.508 e. The second-order valence-electron chi connectivity index (χ2n) is 5.75. The molecule has 0 aliphatic rings. The van der Waals surface area contributed by atoms with E-state index < -0.39 is 7.12 Å². The Bertz CT molecular complexity index is 918. The van der Waals surface area contributed by atoms with Crippen LogP contribution in [0.25, 0.3) is 0 Å². The summed E-state index contributed by atoms with van der Waals surface area (Å²) in [5.74, 6) is 0.365. The maximum atomic E-state index is 12.2. The molecule has 0 aliphatic carbocycles. The predicted molar refractivity (Wildman–Crippen MR) is 106 cm³/mol. The number of rotatable bonds is 6. The first-order valence-electron chi connectivity index (χ1n) is 8.16. The third-order valence-corrected chi connectivity index (χ3v) is 4.83. The summed E-state index contributed by atoms with van der Waals surface area (Å²) in [5.41, 5.74) is 2.28. The molecule has 0 saturated carbocycles. The molecule has 4 N–H and O–H groups in total. The molecule has 0 aliphatic heterocycles. The number of aromatic nitrogens is 1. The third kappa shape index (κ3) is 5.10. The number of benzene rings is 2. The molecular weight excluding hydrogens is 363 g/mol. The lowest BCUT2D eigenvalue weighted by Crippen LogP contribution is -2.32. The maximum absolute atomic E-state index is 12.2. The number of nitrogens with one attached hydrogen (secondary N) is 1. The Balaban J connectivity index is 1.62. The Kier molecular flexibility index (Phi) is 6.13. The number of nitrogens with zero attached hydrogens (tertiary/aromatic N) is 1. The fraction of sp³-hybridized carbons (Fsp3) is 0.0526. The molecule has 0 spiro atoms. The van der Waals surface area contributed by atoms with Crippen molar-refractivity contribution >= 4 is 35.9 Å². The molecule has 8 heteroatoms. The van der Waals surface area contributed by atoms with Gasteiger partial charge in [-0.05, 0) is 47.4 Å². The second kappa shape index (κ2) is 8.72. The number of thioether (sulfide) groups is 1. The lowest BCUT2D eigenvalue weighted by atomic mass is 9.77. The number of aromatic hydroxyl groups is 1. The first-order chi connectivity index (χ1) is 13.0. The number of carbonyl (C=O) groups excluding carboxylic acids is 1. The van der Waals surface area contributed by atoms with Crippen molar-refractivity contribution in [2.45, 2.75) is 10.8 Å². The zero-order chi connectivity index (χ0) is 19.2. The molecule has 2 aromatic carbocycles. The van der Waals surface area contributed by atoms with Gasteiger partial charge in [-0.3, -0.25) is 4.79 Å². The highest BCUT2D eigenvalue weighted by Crippen LogP contribution is 2.21. The minimum atomic E-state index is -1.51. The first kappa shape index (κ1) is 19.0. The average Bonchev–Trinajstić information content (AvgIpc) is 2.68. The van der Waals surface area contributed by atoms with Crippen LogP contribution in [0.3, 0.4) is 0 Å². The van der Waals surface area contributed by atoms with Crippen LogP contribution in [0.2, 0.25) is 0 Å². The van der Waals surface area contributed by atoms with Crippen molar-refractivity contribution in [1.29, 1.82) is 0 Å². The van der Waals surface area contributed by atoms with E-state index in [-0.39, 0.29) is 11.7 Å². The molecule has 1 aromatic heterocycles. The van der Waals surface area contributed by atoms with Crippen molar-refractivity contribution in [3.63, 3.8) is 0 Å². The second-order valence-corrected chi connectivity index (χ2v) is 6.74. The van der Waals surface area contributed by atoms with Gasteiger partial charge in [0.2, 0.25) is 0 Å². The van der Waals surface area contributed by atoms with Gasteiger partial charge in [0, 0.05) is 17.6 Å². The lowest BCUT2D eigenvalue weighted by molar-refractivity contribution is 0.102. The number of amides is 1. The third-order valence-electron chi connectivity index (χ3n) is 3.83. The van der Waals surface area contributed by atoms with Crippen LogP contribution < -0.4 is 10.8 Å². The highest BCUT2D eigenvalue weighted by atomic mass is 32.2. The summed E-state index contributed by atoms with van der Waals surface area (Å²) in [6.45, 7) is 0. The van der Waals surface area contributed by atoms with Crippen LogP contribution in [0.4, 0.5) is 5.69 Å². The smallest absolute Gasteiger partial charge is 0.488 e.